The van der Waals surface area contributed by atoms with E-state index in [4.69, 9.17) is 9.47 Å². The highest BCUT2D eigenvalue weighted by Crippen LogP contribution is 2.55. The molecule has 0 N–H and O–H groups in total. The quantitative estimate of drug-likeness (QED) is 0.737. The van der Waals surface area contributed by atoms with Crippen LogP contribution in [-0.2, 0) is 25.7 Å². The van der Waals surface area contributed by atoms with Crippen molar-refractivity contribution in [2.45, 2.75) is 44.6 Å². The first-order valence-electron chi connectivity index (χ1n) is 8.47. The van der Waals surface area contributed by atoms with Crippen molar-refractivity contribution >= 4 is 27.8 Å². The molecule has 0 radical (unpaired) electrons. The normalized spacial score (nSPS) is 33.8. The Balaban J connectivity index is 1.52. The molecular formula is C18H20BrNO4. The molecule has 5 nitrogen and oxygen atoms in total. The number of carbonyl (C=O) groups is 2. The molecule has 24 heavy (non-hydrogen) atoms. The summed E-state index contributed by atoms with van der Waals surface area (Å²) in [5.41, 5.74) is 0.194. The largest absolute Gasteiger partial charge is 0.460 e. The Morgan fingerprint density at radius 2 is 2.17 bits per heavy atom. The van der Waals surface area contributed by atoms with Crippen LogP contribution in [-0.4, -0.2) is 35.2 Å². The summed E-state index contributed by atoms with van der Waals surface area (Å²) in [6, 6.07) is 7.70. The van der Waals surface area contributed by atoms with Crippen LogP contribution >= 0.6 is 15.9 Å². The van der Waals surface area contributed by atoms with Gasteiger partial charge in [-0.05, 0) is 37.0 Å². The monoisotopic (exact) mass is 393 g/mol. The second kappa shape index (κ2) is 5.85. The molecule has 3 aliphatic rings. The van der Waals surface area contributed by atoms with Crippen LogP contribution in [0.2, 0.25) is 0 Å². The summed E-state index contributed by atoms with van der Waals surface area (Å²) in [7, 11) is 0. The molecule has 4 atom stereocenters. The molecule has 1 spiro atoms. The van der Waals surface area contributed by atoms with Gasteiger partial charge in [-0.2, -0.15) is 0 Å². The minimum absolute atomic E-state index is 0.0521. The number of fused-ring (bicyclic) bond motifs is 1. The van der Waals surface area contributed by atoms with E-state index in [-0.39, 0.29) is 30.3 Å². The van der Waals surface area contributed by atoms with Gasteiger partial charge >= 0.3 is 5.97 Å². The molecule has 1 aromatic rings. The summed E-state index contributed by atoms with van der Waals surface area (Å²) in [5.74, 6) is -0.643. The second-order valence-electron chi connectivity index (χ2n) is 6.76. The molecule has 0 unspecified atom stereocenters. The Morgan fingerprint density at radius 3 is 2.88 bits per heavy atom. The van der Waals surface area contributed by atoms with E-state index in [1.54, 1.807) is 4.90 Å². The number of hydrogen-bond donors (Lipinski definition) is 0. The second-order valence-corrected chi connectivity index (χ2v) is 7.68. The summed E-state index contributed by atoms with van der Waals surface area (Å²) in [4.78, 5) is 27.0. The highest BCUT2D eigenvalue weighted by molar-refractivity contribution is 9.10. The predicted octanol–water partition coefficient (Wildman–Crippen LogP) is 2.87. The molecular weight excluding hydrogens is 374 g/mol. The van der Waals surface area contributed by atoms with Crippen LogP contribution in [0, 0.1) is 11.8 Å². The molecule has 3 aliphatic heterocycles. The van der Waals surface area contributed by atoms with E-state index < -0.39 is 11.8 Å². The Kier molecular flexibility index (Phi) is 3.92. The zero-order valence-electron chi connectivity index (χ0n) is 13.5. The summed E-state index contributed by atoms with van der Waals surface area (Å²) in [6.45, 7) is 2.93. The molecule has 6 heteroatoms. The lowest BCUT2D eigenvalue weighted by atomic mass is 9.77. The van der Waals surface area contributed by atoms with Crippen LogP contribution in [0.1, 0.15) is 31.7 Å². The van der Waals surface area contributed by atoms with Gasteiger partial charge in [-0.3, -0.25) is 9.59 Å². The Bertz CT molecular complexity index is 676. The summed E-state index contributed by atoms with van der Waals surface area (Å²) >= 11 is 3.39. The number of ether oxygens (including phenoxy) is 2. The third-order valence-corrected chi connectivity index (χ3v) is 6.07. The molecule has 0 aromatic heterocycles. The number of esters is 1. The lowest BCUT2D eigenvalue weighted by Gasteiger charge is -2.37. The maximum atomic E-state index is 12.8. The van der Waals surface area contributed by atoms with Gasteiger partial charge in [0.05, 0.1) is 0 Å². The van der Waals surface area contributed by atoms with Gasteiger partial charge in [0.25, 0.3) is 5.91 Å². The number of carbonyl (C=O) groups excluding carboxylic acids is 2. The highest BCUT2D eigenvalue weighted by Gasteiger charge is 2.71. The molecule has 4 rings (SSSR count). The van der Waals surface area contributed by atoms with Gasteiger partial charge in [-0.1, -0.05) is 35.0 Å². The van der Waals surface area contributed by atoms with Gasteiger partial charge in [0.15, 0.2) is 5.72 Å². The average Bonchev–Trinajstić information content (AvgIpc) is 3.22. The van der Waals surface area contributed by atoms with Crippen molar-refractivity contribution in [2.75, 3.05) is 6.54 Å². The standard InChI is InChI=1S/C18H20BrNO4/c1-2-13-14(17(22)23-10-11-4-6-12(19)7-5-11)18-8-3-9-20(18)16(21)15(13)24-18/h4-7,13-15H,2-3,8-10H2,1H3/t13-,14+,15+,18-/m0/s1. The van der Waals surface area contributed by atoms with Crippen molar-refractivity contribution in [3.8, 4) is 0 Å². The summed E-state index contributed by atoms with van der Waals surface area (Å²) in [5, 5.41) is 0. The number of hydrogen-bond acceptors (Lipinski definition) is 4. The fraction of sp³-hybridized carbons (Fsp3) is 0.556. The van der Waals surface area contributed by atoms with Gasteiger partial charge in [-0.25, -0.2) is 0 Å². The van der Waals surface area contributed by atoms with Crippen LogP contribution in [0.3, 0.4) is 0 Å². The number of nitrogens with zero attached hydrogens (tertiary/aromatic N) is 1. The zero-order chi connectivity index (χ0) is 16.9. The summed E-state index contributed by atoms with van der Waals surface area (Å²) < 4.78 is 12.7. The first kappa shape index (κ1) is 16.1. The van der Waals surface area contributed by atoms with Crippen LogP contribution < -0.4 is 0 Å². The maximum Gasteiger partial charge on any atom is 0.314 e. The lowest BCUT2D eigenvalue weighted by Crippen LogP contribution is -2.55. The molecule has 3 heterocycles. The van der Waals surface area contributed by atoms with Crippen molar-refractivity contribution < 1.29 is 19.1 Å². The topological polar surface area (TPSA) is 55.8 Å². The third-order valence-electron chi connectivity index (χ3n) is 5.54. The van der Waals surface area contributed by atoms with Crippen molar-refractivity contribution in [1.29, 1.82) is 0 Å². The van der Waals surface area contributed by atoms with Crippen LogP contribution in [0.4, 0.5) is 0 Å². The van der Waals surface area contributed by atoms with Crippen LogP contribution in [0.5, 0.6) is 0 Å². The number of halogens is 1. The predicted molar refractivity (Wildman–Crippen MR) is 89.8 cm³/mol. The van der Waals surface area contributed by atoms with Crippen LogP contribution in [0.15, 0.2) is 28.7 Å². The minimum Gasteiger partial charge on any atom is -0.460 e. The van der Waals surface area contributed by atoms with E-state index in [2.05, 4.69) is 15.9 Å². The molecule has 128 valence electrons. The van der Waals surface area contributed by atoms with Crippen molar-refractivity contribution in [3.63, 3.8) is 0 Å². The van der Waals surface area contributed by atoms with E-state index in [0.29, 0.717) is 6.54 Å². The number of rotatable bonds is 4. The van der Waals surface area contributed by atoms with Gasteiger partial charge < -0.3 is 14.4 Å². The van der Waals surface area contributed by atoms with Gasteiger partial charge in [0, 0.05) is 16.9 Å². The Labute approximate surface area is 149 Å². The smallest absolute Gasteiger partial charge is 0.314 e. The molecule has 2 bridgehead atoms. The molecule has 0 saturated carbocycles. The number of amides is 1. The molecule has 3 fully saturated rings. The van der Waals surface area contributed by atoms with Crippen molar-refractivity contribution in [2.24, 2.45) is 11.8 Å². The Hall–Kier alpha value is -1.40. The van der Waals surface area contributed by atoms with Gasteiger partial charge in [0.1, 0.15) is 18.6 Å². The number of benzene rings is 1. The third kappa shape index (κ3) is 2.23. The minimum atomic E-state index is -0.751. The molecule has 3 saturated heterocycles. The first-order valence-corrected chi connectivity index (χ1v) is 9.26. The SMILES string of the molecule is CC[C@@H]1[C@H]2O[C@@]3(CCCN3C2=O)[C@H]1C(=O)OCc1ccc(Br)cc1. The van der Waals surface area contributed by atoms with E-state index >= 15 is 0 Å². The lowest BCUT2D eigenvalue weighted by molar-refractivity contribution is -0.166. The van der Waals surface area contributed by atoms with E-state index in [1.165, 1.54) is 0 Å². The maximum absolute atomic E-state index is 12.8. The molecule has 0 aliphatic carbocycles. The Morgan fingerprint density at radius 1 is 1.42 bits per heavy atom. The fourth-order valence-electron chi connectivity index (χ4n) is 4.47. The van der Waals surface area contributed by atoms with Crippen molar-refractivity contribution in [1.82, 2.24) is 4.90 Å². The van der Waals surface area contributed by atoms with Gasteiger partial charge in [0.2, 0.25) is 0 Å². The summed E-state index contributed by atoms with van der Waals surface area (Å²) in [6.07, 6.45) is 1.87. The van der Waals surface area contributed by atoms with Crippen molar-refractivity contribution in [3.05, 3.63) is 34.3 Å². The zero-order valence-corrected chi connectivity index (χ0v) is 15.1. The first-order chi connectivity index (χ1) is 11.6. The van der Waals surface area contributed by atoms with E-state index in [1.807, 2.05) is 31.2 Å². The van der Waals surface area contributed by atoms with E-state index in [9.17, 15) is 9.59 Å². The average molecular weight is 394 g/mol. The van der Waals surface area contributed by atoms with Crippen LogP contribution in [0.25, 0.3) is 0 Å². The van der Waals surface area contributed by atoms with E-state index in [0.717, 1.165) is 29.3 Å². The fourth-order valence-corrected chi connectivity index (χ4v) is 4.73. The highest BCUT2D eigenvalue weighted by atomic mass is 79.9. The van der Waals surface area contributed by atoms with Gasteiger partial charge in [-0.15, -0.1) is 0 Å². The number of piperidine rings is 1. The molecule has 1 aromatic carbocycles. The molecule has 1 amide bonds.